The van der Waals surface area contributed by atoms with Gasteiger partial charge in [0, 0.05) is 12.4 Å². The van der Waals surface area contributed by atoms with E-state index < -0.39 is 0 Å². The molecule has 0 radical (unpaired) electrons. The molecule has 0 amide bonds. The van der Waals surface area contributed by atoms with Crippen LogP contribution in [-0.4, -0.2) is 18.7 Å². The Kier molecular flexibility index (Phi) is 6.09. The third kappa shape index (κ3) is 6.05. The lowest BCUT2D eigenvalue weighted by atomic mass is 10.6. The van der Waals surface area contributed by atoms with Crippen LogP contribution in [0, 0.1) is 0 Å². The van der Waals surface area contributed by atoms with E-state index in [-0.39, 0.29) is 0 Å². The lowest BCUT2D eigenvalue weighted by molar-refractivity contribution is 0.894. The van der Waals surface area contributed by atoms with Gasteiger partial charge in [0.25, 0.3) is 0 Å². The minimum atomic E-state index is 0.918. The first-order valence-electron chi connectivity index (χ1n) is 2.22. The predicted molar refractivity (Wildman–Crippen MR) is 36.6 cm³/mol. The van der Waals surface area contributed by atoms with Crippen LogP contribution in [-0.2, 0) is 0 Å². The van der Waals surface area contributed by atoms with Gasteiger partial charge in [-0.1, -0.05) is 6.08 Å². The van der Waals surface area contributed by atoms with Gasteiger partial charge >= 0.3 is 0 Å². The first kappa shape index (κ1) is 7.05. The van der Waals surface area contributed by atoms with Crippen molar-refractivity contribution in [3.63, 3.8) is 0 Å². The van der Waals surface area contributed by atoms with Crippen molar-refractivity contribution >= 4 is 11.8 Å². The van der Waals surface area contributed by atoms with E-state index in [1.165, 1.54) is 0 Å². The molecule has 0 aliphatic carbocycles. The average molecular weight is 117 g/mol. The summed E-state index contributed by atoms with van der Waals surface area (Å²) in [5.74, 6) is 1.02. The quantitative estimate of drug-likeness (QED) is 0.336. The molecule has 0 heterocycles. The van der Waals surface area contributed by atoms with Gasteiger partial charge < -0.3 is 5.32 Å². The van der Waals surface area contributed by atoms with Crippen LogP contribution in [0.15, 0.2) is 12.7 Å². The van der Waals surface area contributed by atoms with Crippen LogP contribution >= 0.6 is 11.8 Å². The first-order chi connectivity index (χ1) is 3.41. The Hall–Kier alpha value is 0.0500. The summed E-state index contributed by atoms with van der Waals surface area (Å²) in [5.41, 5.74) is 0. The summed E-state index contributed by atoms with van der Waals surface area (Å²) in [4.78, 5) is 0. The van der Waals surface area contributed by atoms with Crippen molar-refractivity contribution < 1.29 is 0 Å². The molecule has 0 aliphatic heterocycles. The van der Waals surface area contributed by atoms with Crippen molar-refractivity contribution in [2.75, 3.05) is 18.7 Å². The van der Waals surface area contributed by atoms with Crippen molar-refractivity contribution in [3.05, 3.63) is 12.7 Å². The molecule has 0 aliphatic rings. The maximum Gasteiger partial charge on any atom is 0.0417 e. The zero-order chi connectivity index (χ0) is 5.54. The predicted octanol–water partition coefficient (Wildman–Crippen LogP) is 1.08. The Bertz CT molecular complexity index is 45.3. The van der Waals surface area contributed by atoms with Crippen LogP contribution < -0.4 is 5.32 Å². The number of rotatable bonds is 4. The summed E-state index contributed by atoms with van der Waals surface area (Å²) < 4.78 is 0. The highest BCUT2D eigenvalue weighted by Crippen LogP contribution is 1.83. The van der Waals surface area contributed by atoms with Crippen LogP contribution in [0.3, 0.4) is 0 Å². The monoisotopic (exact) mass is 117 g/mol. The normalized spacial score (nSPS) is 8.71. The van der Waals surface area contributed by atoms with Crippen LogP contribution in [0.2, 0.25) is 0 Å². The molecule has 0 rings (SSSR count). The van der Waals surface area contributed by atoms with E-state index in [0.717, 1.165) is 12.4 Å². The van der Waals surface area contributed by atoms with Crippen LogP contribution in [0.4, 0.5) is 0 Å². The van der Waals surface area contributed by atoms with Gasteiger partial charge in [-0.25, -0.2) is 0 Å². The lowest BCUT2D eigenvalue weighted by Crippen LogP contribution is -2.11. The lowest BCUT2D eigenvalue weighted by Gasteiger charge is -1.93. The highest BCUT2D eigenvalue weighted by molar-refractivity contribution is 7.98. The molecule has 42 valence electrons. The molecule has 0 spiro atoms. The van der Waals surface area contributed by atoms with Crippen LogP contribution in [0.25, 0.3) is 0 Å². The first-order valence-corrected chi connectivity index (χ1v) is 3.61. The molecule has 1 N–H and O–H groups in total. The van der Waals surface area contributed by atoms with Gasteiger partial charge in [-0.3, -0.25) is 0 Å². The zero-order valence-corrected chi connectivity index (χ0v) is 5.42. The number of nitrogens with one attached hydrogen (secondary N) is 1. The standard InChI is InChI=1S/C5H11NS/c1-3-4-6-5-7-2/h3,6H,1,4-5H2,2H3. The fourth-order valence-electron chi connectivity index (χ4n) is 0.263. The fraction of sp³-hybridized carbons (Fsp3) is 0.600. The van der Waals surface area contributed by atoms with E-state index in [1.54, 1.807) is 11.8 Å². The Morgan fingerprint density at radius 3 is 3.00 bits per heavy atom. The molecule has 0 aromatic rings. The van der Waals surface area contributed by atoms with E-state index in [9.17, 15) is 0 Å². The molecule has 0 bridgehead atoms. The molecular formula is C5H11NS. The molecule has 7 heavy (non-hydrogen) atoms. The van der Waals surface area contributed by atoms with E-state index >= 15 is 0 Å². The van der Waals surface area contributed by atoms with Gasteiger partial charge in [0.05, 0.1) is 0 Å². The van der Waals surface area contributed by atoms with Crippen molar-refractivity contribution in [2.45, 2.75) is 0 Å². The smallest absolute Gasteiger partial charge is 0.0417 e. The van der Waals surface area contributed by atoms with Crippen molar-refractivity contribution in [3.8, 4) is 0 Å². The molecule has 1 nitrogen and oxygen atoms in total. The topological polar surface area (TPSA) is 12.0 Å². The number of hydrogen-bond acceptors (Lipinski definition) is 2. The summed E-state index contributed by atoms with van der Waals surface area (Å²) in [6.45, 7) is 4.48. The van der Waals surface area contributed by atoms with Gasteiger partial charge in [0.15, 0.2) is 0 Å². The Morgan fingerprint density at radius 1 is 1.86 bits per heavy atom. The second-order valence-electron chi connectivity index (χ2n) is 1.18. The van der Waals surface area contributed by atoms with Gasteiger partial charge in [-0.05, 0) is 6.26 Å². The molecule has 0 saturated carbocycles. The van der Waals surface area contributed by atoms with Crippen molar-refractivity contribution in [1.29, 1.82) is 0 Å². The van der Waals surface area contributed by atoms with Gasteiger partial charge in [0.2, 0.25) is 0 Å². The molecule has 0 saturated heterocycles. The summed E-state index contributed by atoms with van der Waals surface area (Å²) in [5, 5.41) is 3.13. The second kappa shape index (κ2) is 6.05. The fourth-order valence-corrected chi connectivity index (χ4v) is 0.585. The maximum absolute atomic E-state index is 3.56. The Labute approximate surface area is 49.2 Å². The average Bonchev–Trinajstić information content (AvgIpc) is 1.69. The van der Waals surface area contributed by atoms with E-state index in [4.69, 9.17) is 0 Å². The molecule has 0 atom stereocenters. The molecule has 0 unspecified atom stereocenters. The zero-order valence-electron chi connectivity index (χ0n) is 4.61. The SMILES string of the molecule is C=CCNCSC. The van der Waals surface area contributed by atoms with E-state index in [2.05, 4.69) is 18.2 Å². The molecular weight excluding hydrogens is 106 g/mol. The summed E-state index contributed by atoms with van der Waals surface area (Å²) in [6.07, 6.45) is 3.92. The number of hydrogen-bond donors (Lipinski definition) is 1. The van der Waals surface area contributed by atoms with Crippen molar-refractivity contribution in [2.24, 2.45) is 0 Å². The minimum Gasteiger partial charge on any atom is -0.304 e. The van der Waals surface area contributed by atoms with Crippen LogP contribution in [0.5, 0.6) is 0 Å². The summed E-state index contributed by atoms with van der Waals surface area (Å²) in [6, 6.07) is 0. The molecule has 0 fully saturated rings. The molecule has 0 aromatic carbocycles. The van der Waals surface area contributed by atoms with Crippen molar-refractivity contribution in [1.82, 2.24) is 5.32 Å². The summed E-state index contributed by atoms with van der Waals surface area (Å²) in [7, 11) is 0. The van der Waals surface area contributed by atoms with Gasteiger partial charge in [-0.2, -0.15) is 0 Å². The molecule has 0 aromatic heterocycles. The second-order valence-corrected chi connectivity index (χ2v) is 2.04. The molecule has 2 heteroatoms. The summed E-state index contributed by atoms with van der Waals surface area (Å²) >= 11 is 1.78. The van der Waals surface area contributed by atoms with E-state index in [1.807, 2.05) is 6.08 Å². The van der Waals surface area contributed by atoms with Crippen LogP contribution in [0.1, 0.15) is 0 Å². The number of thioether (sulfide) groups is 1. The highest BCUT2D eigenvalue weighted by Gasteiger charge is 1.73. The highest BCUT2D eigenvalue weighted by atomic mass is 32.2. The Balaban J connectivity index is 2.56. The minimum absolute atomic E-state index is 0.918. The van der Waals surface area contributed by atoms with E-state index in [0.29, 0.717) is 0 Å². The largest absolute Gasteiger partial charge is 0.304 e. The third-order valence-corrected chi connectivity index (χ3v) is 1.03. The van der Waals surface area contributed by atoms with Gasteiger partial charge in [0.1, 0.15) is 0 Å². The van der Waals surface area contributed by atoms with Gasteiger partial charge in [-0.15, -0.1) is 18.3 Å². The Morgan fingerprint density at radius 2 is 2.57 bits per heavy atom. The maximum atomic E-state index is 3.56. The third-order valence-electron chi connectivity index (χ3n) is 0.535.